The molecular formula is C18H23FIN7OS. The van der Waals surface area contributed by atoms with Gasteiger partial charge in [-0.25, -0.2) is 4.39 Å². The van der Waals surface area contributed by atoms with Gasteiger partial charge in [-0.3, -0.25) is 13.6 Å². The number of hydrogen-bond donors (Lipinski definition) is 1. The van der Waals surface area contributed by atoms with Gasteiger partial charge in [0.15, 0.2) is 5.65 Å². The molecule has 3 aromatic heterocycles. The molecule has 0 amide bonds. The molecule has 8 nitrogen and oxygen atoms in total. The topological polar surface area (TPSA) is 73.0 Å². The largest absolute Gasteiger partial charge is 0.477 e. The highest BCUT2D eigenvalue weighted by Crippen LogP contribution is 2.31. The van der Waals surface area contributed by atoms with Crippen molar-refractivity contribution in [3.05, 3.63) is 24.2 Å². The Kier molecular flexibility index (Phi) is 6.44. The van der Waals surface area contributed by atoms with E-state index >= 15 is 0 Å². The van der Waals surface area contributed by atoms with E-state index in [-0.39, 0.29) is 0 Å². The third-order valence-corrected chi connectivity index (χ3v) is 6.74. The van der Waals surface area contributed by atoms with E-state index < -0.39 is 6.17 Å². The Hall–Kier alpha value is -1.60. The first kappa shape index (κ1) is 20.7. The van der Waals surface area contributed by atoms with Crippen LogP contribution in [0.2, 0.25) is 0 Å². The fourth-order valence-electron chi connectivity index (χ4n) is 3.46. The Morgan fingerprint density at radius 1 is 1.38 bits per heavy atom. The molecule has 1 saturated heterocycles. The summed E-state index contributed by atoms with van der Waals surface area (Å²) in [5, 5.41) is 8.63. The van der Waals surface area contributed by atoms with Gasteiger partial charge in [0, 0.05) is 56.2 Å². The molecule has 0 saturated carbocycles. The molecule has 1 atom stereocenters. The standard InChI is InChI=1S/C18H23FIN7OS/c1-3-28-17-14-5-7-27(29-20)16(14)23-18(24-17)22-15-10-21-26(12(15)2)9-8-25-6-4-13(19)11-25/h5,7,10,13H,3-4,6,8-9,11H2,1-2H3,(H,22,23,24)/t13-/m1/s1. The van der Waals surface area contributed by atoms with Crippen molar-refractivity contribution < 1.29 is 9.13 Å². The number of anilines is 2. The molecule has 0 spiro atoms. The second-order valence-corrected chi connectivity index (χ2v) is 8.62. The van der Waals surface area contributed by atoms with Gasteiger partial charge in [-0.05, 0) is 26.3 Å². The van der Waals surface area contributed by atoms with E-state index in [9.17, 15) is 4.39 Å². The van der Waals surface area contributed by atoms with Gasteiger partial charge in [-0.15, -0.1) is 0 Å². The molecule has 4 heterocycles. The fourth-order valence-corrected chi connectivity index (χ4v) is 4.73. The molecule has 0 aliphatic carbocycles. The van der Waals surface area contributed by atoms with Gasteiger partial charge in [-0.2, -0.15) is 15.1 Å². The van der Waals surface area contributed by atoms with Gasteiger partial charge in [0.05, 0.1) is 36.1 Å². The zero-order valence-corrected chi connectivity index (χ0v) is 19.3. The first-order chi connectivity index (χ1) is 14.1. The zero-order valence-electron chi connectivity index (χ0n) is 16.3. The summed E-state index contributed by atoms with van der Waals surface area (Å²) < 4.78 is 23.0. The molecule has 3 aromatic rings. The van der Waals surface area contributed by atoms with Crippen LogP contribution in [0.3, 0.4) is 0 Å². The fraction of sp³-hybridized carbons (Fsp3) is 0.500. The zero-order chi connectivity index (χ0) is 20.4. The molecule has 0 bridgehead atoms. The molecule has 156 valence electrons. The van der Waals surface area contributed by atoms with Crippen LogP contribution in [0.4, 0.5) is 16.0 Å². The molecule has 1 N–H and O–H groups in total. The molecular weight excluding hydrogens is 508 g/mol. The van der Waals surface area contributed by atoms with Crippen molar-refractivity contribution in [3.63, 3.8) is 0 Å². The summed E-state index contributed by atoms with van der Waals surface area (Å²) in [5.41, 5.74) is 2.63. The maximum absolute atomic E-state index is 13.4. The minimum atomic E-state index is -0.697. The van der Waals surface area contributed by atoms with Gasteiger partial charge in [0.1, 0.15) is 6.17 Å². The number of aromatic nitrogens is 5. The highest BCUT2D eigenvalue weighted by atomic mass is 127. The summed E-state index contributed by atoms with van der Waals surface area (Å²) in [6.07, 6.45) is 3.66. The first-order valence-corrected chi connectivity index (χ1v) is 12.9. The van der Waals surface area contributed by atoms with Crippen molar-refractivity contribution in [2.75, 3.05) is 31.6 Å². The van der Waals surface area contributed by atoms with E-state index in [4.69, 9.17) is 4.74 Å². The van der Waals surface area contributed by atoms with Crippen LogP contribution in [-0.2, 0) is 6.54 Å². The van der Waals surface area contributed by atoms with Gasteiger partial charge in [0.25, 0.3) is 0 Å². The molecule has 0 aromatic carbocycles. The van der Waals surface area contributed by atoms with Crippen molar-refractivity contribution in [2.24, 2.45) is 0 Å². The number of nitrogens with zero attached hydrogens (tertiary/aromatic N) is 6. The molecule has 1 aliphatic rings. The van der Waals surface area contributed by atoms with Crippen molar-refractivity contribution in [3.8, 4) is 5.88 Å². The van der Waals surface area contributed by atoms with E-state index in [0.29, 0.717) is 31.4 Å². The average molecular weight is 531 g/mol. The van der Waals surface area contributed by atoms with Crippen molar-refractivity contribution >= 4 is 53.0 Å². The molecule has 29 heavy (non-hydrogen) atoms. The highest BCUT2D eigenvalue weighted by Gasteiger charge is 2.21. The smallest absolute Gasteiger partial charge is 0.232 e. The molecule has 1 fully saturated rings. The number of alkyl halides is 1. The van der Waals surface area contributed by atoms with Gasteiger partial charge in [-0.1, -0.05) is 0 Å². The second kappa shape index (κ2) is 9.04. The average Bonchev–Trinajstić information content (AvgIpc) is 3.40. The lowest BCUT2D eigenvalue weighted by molar-refractivity contribution is 0.275. The summed E-state index contributed by atoms with van der Waals surface area (Å²) in [4.78, 5) is 11.3. The van der Waals surface area contributed by atoms with Crippen LogP contribution >= 0.6 is 30.3 Å². The number of hydrogen-bond acceptors (Lipinski definition) is 7. The first-order valence-electron chi connectivity index (χ1n) is 9.56. The van der Waals surface area contributed by atoms with Crippen LogP contribution in [0.1, 0.15) is 19.0 Å². The number of rotatable bonds is 8. The molecule has 0 unspecified atom stereocenters. The van der Waals surface area contributed by atoms with Gasteiger partial charge >= 0.3 is 0 Å². The minimum Gasteiger partial charge on any atom is -0.477 e. The third-order valence-electron chi connectivity index (χ3n) is 5.02. The lowest BCUT2D eigenvalue weighted by Crippen LogP contribution is -2.26. The number of nitrogens with one attached hydrogen (secondary N) is 1. The minimum absolute atomic E-state index is 0.466. The van der Waals surface area contributed by atoms with Crippen LogP contribution in [0.5, 0.6) is 5.88 Å². The molecule has 1 aliphatic heterocycles. The summed E-state index contributed by atoms with van der Waals surface area (Å²) >= 11 is 2.22. The number of halogens is 2. The predicted molar refractivity (Wildman–Crippen MR) is 122 cm³/mol. The van der Waals surface area contributed by atoms with Crippen LogP contribution in [0.25, 0.3) is 11.0 Å². The monoisotopic (exact) mass is 531 g/mol. The quantitative estimate of drug-likeness (QED) is 0.441. The Morgan fingerprint density at radius 3 is 2.97 bits per heavy atom. The second-order valence-electron chi connectivity index (χ2n) is 6.91. The van der Waals surface area contributed by atoms with Crippen LogP contribution in [0, 0.1) is 6.92 Å². The SMILES string of the molecule is CCOc1nc(Nc2cnn(CCN3CC[C@@H](F)C3)c2C)nc2c1ccn2SI. The van der Waals surface area contributed by atoms with Gasteiger partial charge in [0.2, 0.25) is 11.8 Å². The summed E-state index contributed by atoms with van der Waals surface area (Å²) in [6, 6.07) is 1.96. The Labute approximate surface area is 184 Å². The van der Waals surface area contributed by atoms with Crippen LogP contribution in [0.15, 0.2) is 18.5 Å². The van der Waals surface area contributed by atoms with Crippen molar-refractivity contribution in [2.45, 2.75) is 33.0 Å². The maximum Gasteiger partial charge on any atom is 0.232 e. The molecule has 4 rings (SSSR count). The van der Waals surface area contributed by atoms with E-state index in [1.165, 1.54) is 9.12 Å². The Morgan fingerprint density at radius 2 is 2.24 bits per heavy atom. The summed E-state index contributed by atoms with van der Waals surface area (Å²) in [7, 11) is 1.54. The van der Waals surface area contributed by atoms with Crippen LogP contribution in [-0.4, -0.2) is 61.0 Å². The summed E-state index contributed by atoms with van der Waals surface area (Å²) in [6.45, 7) is 7.32. The number of likely N-dealkylation sites (tertiary alicyclic amines) is 1. The van der Waals surface area contributed by atoms with E-state index in [1.54, 1.807) is 6.20 Å². The predicted octanol–water partition coefficient (Wildman–Crippen LogP) is 3.97. The van der Waals surface area contributed by atoms with Crippen molar-refractivity contribution in [1.29, 1.82) is 0 Å². The molecule has 0 radical (unpaired) electrons. The third kappa shape index (κ3) is 4.45. The van der Waals surface area contributed by atoms with E-state index in [1.807, 2.05) is 34.8 Å². The highest BCUT2D eigenvalue weighted by molar-refractivity contribution is 14.2. The summed E-state index contributed by atoms with van der Waals surface area (Å²) in [5.74, 6) is 1.03. The maximum atomic E-state index is 13.4. The number of ether oxygens (including phenoxy) is 1. The Bertz CT molecular complexity index is 994. The van der Waals surface area contributed by atoms with Gasteiger partial charge < -0.3 is 10.1 Å². The van der Waals surface area contributed by atoms with Crippen molar-refractivity contribution in [1.82, 2.24) is 28.6 Å². The molecule has 11 heteroatoms. The van der Waals surface area contributed by atoms with E-state index in [0.717, 1.165) is 42.0 Å². The lowest BCUT2D eigenvalue weighted by Gasteiger charge is -2.15. The van der Waals surface area contributed by atoms with E-state index in [2.05, 4.69) is 46.5 Å². The lowest BCUT2D eigenvalue weighted by atomic mass is 10.3. The number of fused-ring (bicyclic) bond motifs is 1. The normalized spacial score (nSPS) is 17.3. The van der Waals surface area contributed by atoms with Crippen LogP contribution < -0.4 is 10.1 Å². The Balaban J connectivity index is 1.53.